The Morgan fingerprint density at radius 2 is 2.05 bits per heavy atom. The molecule has 0 aliphatic rings. The van der Waals surface area contributed by atoms with Gasteiger partial charge in [0, 0.05) is 10.7 Å². The standard InChI is InChI=1S/C14H8Br2N2O3/c15-8-2-1-3-9(6-8)18-7-10(14(19)20)13(17-18)11-4-5-12(16)21-11/h1-7H,(H,19,20). The number of carbonyl (C=O) groups is 1. The number of aromatic nitrogens is 2. The normalized spacial score (nSPS) is 10.8. The fourth-order valence-corrected chi connectivity index (χ4v) is 2.60. The van der Waals surface area contributed by atoms with E-state index in [1.165, 1.54) is 10.9 Å². The summed E-state index contributed by atoms with van der Waals surface area (Å²) >= 11 is 6.58. The lowest BCUT2D eigenvalue weighted by atomic mass is 10.2. The van der Waals surface area contributed by atoms with E-state index in [1.807, 2.05) is 24.3 Å². The number of rotatable bonds is 3. The summed E-state index contributed by atoms with van der Waals surface area (Å²) in [5, 5.41) is 13.7. The van der Waals surface area contributed by atoms with Crippen LogP contribution in [-0.2, 0) is 0 Å². The quantitative estimate of drug-likeness (QED) is 0.695. The summed E-state index contributed by atoms with van der Waals surface area (Å²) in [6.45, 7) is 0. The van der Waals surface area contributed by atoms with E-state index < -0.39 is 5.97 Å². The van der Waals surface area contributed by atoms with Crippen molar-refractivity contribution in [2.24, 2.45) is 0 Å². The molecule has 0 radical (unpaired) electrons. The van der Waals surface area contributed by atoms with Gasteiger partial charge in [-0.25, -0.2) is 9.48 Å². The maximum absolute atomic E-state index is 11.4. The Morgan fingerprint density at radius 3 is 2.67 bits per heavy atom. The molecule has 7 heteroatoms. The molecule has 0 aliphatic heterocycles. The number of carboxylic acids is 1. The van der Waals surface area contributed by atoms with Crippen LogP contribution in [0.5, 0.6) is 0 Å². The highest BCUT2D eigenvalue weighted by Crippen LogP contribution is 2.28. The van der Waals surface area contributed by atoms with Gasteiger partial charge in [-0.2, -0.15) is 5.10 Å². The lowest BCUT2D eigenvalue weighted by Crippen LogP contribution is -1.96. The predicted octanol–water partition coefficient (Wildman–Crippen LogP) is 4.36. The van der Waals surface area contributed by atoms with E-state index in [0.717, 1.165) is 10.2 Å². The van der Waals surface area contributed by atoms with E-state index in [4.69, 9.17) is 4.42 Å². The molecule has 1 aromatic carbocycles. The van der Waals surface area contributed by atoms with Crippen molar-refractivity contribution in [3.05, 3.63) is 57.3 Å². The summed E-state index contributed by atoms with van der Waals surface area (Å²) in [7, 11) is 0. The Balaban J connectivity index is 2.15. The third kappa shape index (κ3) is 2.79. The third-order valence-corrected chi connectivity index (χ3v) is 3.74. The molecule has 0 aliphatic carbocycles. The lowest BCUT2D eigenvalue weighted by Gasteiger charge is -2.00. The van der Waals surface area contributed by atoms with Crippen LogP contribution in [0.3, 0.4) is 0 Å². The molecule has 1 N–H and O–H groups in total. The van der Waals surface area contributed by atoms with Gasteiger partial charge in [-0.15, -0.1) is 0 Å². The zero-order valence-corrected chi connectivity index (χ0v) is 13.6. The second kappa shape index (κ2) is 5.50. The van der Waals surface area contributed by atoms with E-state index in [2.05, 4.69) is 37.0 Å². The summed E-state index contributed by atoms with van der Waals surface area (Å²) in [6.07, 6.45) is 1.47. The minimum absolute atomic E-state index is 0.0804. The molecule has 0 bridgehead atoms. The first-order valence-corrected chi connectivity index (χ1v) is 7.48. The van der Waals surface area contributed by atoms with Gasteiger partial charge in [0.25, 0.3) is 0 Å². The first-order valence-electron chi connectivity index (χ1n) is 5.89. The van der Waals surface area contributed by atoms with Gasteiger partial charge in [-0.1, -0.05) is 22.0 Å². The second-order valence-electron chi connectivity index (χ2n) is 4.22. The van der Waals surface area contributed by atoms with Crippen LogP contribution >= 0.6 is 31.9 Å². The van der Waals surface area contributed by atoms with Crippen molar-refractivity contribution in [2.45, 2.75) is 0 Å². The Kier molecular flexibility index (Phi) is 3.69. The zero-order chi connectivity index (χ0) is 15.0. The summed E-state index contributed by atoms with van der Waals surface area (Å²) in [5.74, 6) is -0.660. The van der Waals surface area contributed by atoms with Crippen LogP contribution in [0.15, 0.2) is 56.2 Å². The number of nitrogens with zero attached hydrogens (tertiary/aromatic N) is 2. The molecular formula is C14H8Br2N2O3. The number of hydrogen-bond donors (Lipinski definition) is 1. The molecule has 0 saturated carbocycles. The molecule has 21 heavy (non-hydrogen) atoms. The molecule has 2 heterocycles. The van der Waals surface area contributed by atoms with E-state index in [1.54, 1.807) is 12.1 Å². The predicted molar refractivity (Wildman–Crippen MR) is 83.6 cm³/mol. The molecule has 0 fully saturated rings. The minimum Gasteiger partial charge on any atom is -0.478 e. The average Bonchev–Trinajstić information content (AvgIpc) is 3.04. The molecule has 0 saturated heterocycles. The summed E-state index contributed by atoms with van der Waals surface area (Å²) in [5.41, 5.74) is 1.12. The number of furan rings is 1. The van der Waals surface area contributed by atoms with Crippen molar-refractivity contribution in [2.75, 3.05) is 0 Å². The van der Waals surface area contributed by atoms with Crippen LogP contribution in [0.25, 0.3) is 17.1 Å². The lowest BCUT2D eigenvalue weighted by molar-refractivity contribution is 0.0697. The molecule has 3 aromatic rings. The Morgan fingerprint density at radius 1 is 1.24 bits per heavy atom. The Labute approximate surface area is 136 Å². The zero-order valence-electron chi connectivity index (χ0n) is 10.5. The van der Waals surface area contributed by atoms with Crippen molar-refractivity contribution >= 4 is 37.8 Å². The Bertz CT molecular complexity index is 823. The van der Waals surface area contributed by atoms with E-state index in [9.17, 15) is 9.90 Å². The molecule has 2 aromatic heterocycles. The van der Waals surface area contributed by atoms with Crippen LogP contribution in [0.4, 0.5) is 0 Å². The van der Waals surface area contributed by atoms with Crippen molar-refractivity contribution < 1.29 is 14.3 Å². The smallest absolute Gasteiger partial charge is 0.339 e. The first-order chi connectivity index (χ1) is 10.0. The number of benzene rings is 1. The number of carboxylic acid groups (broad SMARTS) is 1. The highest BCUT2D eigenvalue weighted by molar-refractivity contribution is 9.10. The van der Waals surface area contributed by atoms with Gasteiger partial charge < -0.3 is 9.52 Å². The van der Waals surface area contributed by atoms with Gasteiger partial charge in [0.1, 0.15) is 11.3 Å². The van der Waals surface area contributed by atoms with E-state index in [-0.39, 0.29) is 11.3 Å². The van der Waals surface area contributed by atoms with Crippen LogP contribution in [0.1, 0.15) is 10.4 Å². The molecule has 0 unspecified atom stereocenters. The largest absolute Gasteiger partial charge is 0.478 e. The van der Waals surface area contributed by atoms with Gasteiger partial charge in [0.15, 0.2) is 10.4 Å². The number of aromatic carboxylic acids is 1. The first kappa shape index (κ1) is 14.1. The van der Waals surface area contributed by atoms with Gasteiger partial charge in [-0.05, 0) is 46.3 Å². The minimum atomic E-state index is -1.06. The molecule has 106 valence electrons. The summed E-state index contributed by atoms with van der Waals surface area (Å²) in [4.78, 5) is 11.4. The molecule has 0 spiro atoms. The number of halogens is 2. The molecule has 3 rings (SSSR count). The molecule has 5 nitrogen and oxygen atoms in total. The van der Waals surface area contributed by atoms with Crippen molar-refractivity contribution in [1.82, 2.24) is 9.78 Å². The highest BCUT2D eigenvalue weighted by atomic mass is 79.9. The summed E-state index contributed by atoms with van der Waals surface area (Å²) in [6, 6.07) is 10.8. The maximum Gasteiger partial charge on any atom is 0.339 e. The van der Waals surface area contributed by atoms with Gasteiger partial charge in [-0.3, -0.25) is 0 Å². The van der Waals surface area contributed by atoms with Crippen LogP contribution in [0, 0.1) is 0 Å². The average molecular weight is 412 g/mol. The SMILES string of the molecule is O=C(O)c1cn(-c2cccc(Br)c2)nc1-c1ccc(Br)o1. The fraction of sp³-hybridized carbons (Fsp3) is 0. The Hall–Kier alpha value is -1.86. The third-order valence-electron chi connectivity index (χ3n) is 2.82. The van der Waals surface area contributed by atoms with Gasteiger partial charge in [0.2, 0.25) is 0 Å². The van der Waals surface area contributed by atoms with E-state index in [0.29, 0.717) is 10.4 Å². The van der Waals surface area contributed by atoms with Crippen molar-refractivity contribution in [3.8, 4) is 17.1 Å². The van der Waals surface area contributed by atoms with Crippen molar-refractivity contribution in [3.63, 3.8) is 0 Å². The van der Waals surface area contributed by atoms with Crippen LogP contribution in [0.2, 0.25) is 0 Å². The monoisotopic (exact) mass is 410 g/mol. The van der Waals surface area contributed by atoms with Crippen LogP contribution < -0.4 is 0 Å². The van der Waals surface area contributed by atoms with Gasteiger partial charge in [0.05, 0.1) is 5.69 Å². The number of hydrogen-bond acceptors (Lipinski definition) is 3. The van der Waals surface area contributed by atoms with Crippen LogP contribution in [-0.4, -0.2) is 20.9 Å². The van der Waals surface area contributed by atoms with E-state index >= 15 is 0 Å². The molecule has 0 amide bonds. The van der Waals surface area contributed by atoms with Crippen molar-refractivity contribution in [1.29, 1.82) is 0 Å². The maximum atomic E-state index is 11.4. The fourth-order valence-electron chi connectivity index (χ4n) is 1.90. The molecular weight excluding hydrogens is 404 g/mol. The summed E-state index contributed by atoms with van der Waals surface area (Å²) < 4.78 is 8.32. The molecule has 0 atom stereocenters. The topological polar surface area (TPSA) is 68.3 Å². The van der Waals surface area contributed by atoms with Gasteiger partial charge >= 0.3 is 5.97 Å². The second-order valence-corrected chi connectivity index (χ2v) is 5.92. The highest BCUT2D eigenvalue weighted by Gasteiger charge is 2.20.